The van der Waals surface area contributed by atoms with Gasteiger partial charge in [-0.2, -0.15) is 0 Å². The number of hydrogen-bond donors (Lipinski definition) is 0. The number of ether oxygens (including phenoxy) is 2. The molecule has 2 amide bonds. The first-order chi connectivity index (χ1) is 14.9. The number of likely N-dealkylation sites (tertiary alicyclic amines) is 1. The van der Waals surface area contributed by atoms with E-state index < -0.39 is 5.82 Å². The van der Waals surface area contributed by atoms with Crippen molar-refractivity contribution in [3.8, 4) is 5.75 Å². The van der Waals surface area contributed by atoms with Crippen molar-refractivity contribution in [3.05, 3.63) is 29.6 Å². The number of piperidine rings is 1. The van der Waals surface area contributed by atoms with Gasteiger partial charge in [-0.3, -0.25) is 14.5 Å². The molecule has 1 spiro atoms. The van der Waals surface area contributed by atoms with Crippen LogP contribution >= 0.6 is 0 Å². The molecule has 170 valence electrons. The SMILES string of the molecule is COc1ccc(C(=O)N2CCC3(CC2)CC(N2CCN(C(C)=O)CC2)CCO3)cc1F. The highest BCUT2D eigenvalue weighted by Crippen LogP contribution is 2.37. The molecule has 3 aliphatic rings. The van der Waals surface area contributed by atoms with Crippen molar-refractivity contribution < 1.29 is 23.5 Å². The zero-order chi connectivity index (χ0) is 22.0. The van der Waals surface area contributed by atoms with Gasteiger partial charge in [0.15, 0.2) is 11.6 Å². The second kappa shape index (κ2) is 9.12. The lowest BCUT2D eigenvalue weighted by molar-refractivity contribution is -0.139. The van der Waals surface area contributed by atoms with Gasteiger partial charge in [-0.25, -0.2) is 4.39 Å². The first kappa shape index (κ1) is 22.0. The number of halogens is 1. The topological polar surface area (TPSA) is 62.3 Å². The third kappa shape index (κ3) is 4.70. The molecule has 3 aliphatic heterocycles. The smallest absolute Gasteiger partial charge is 0.253 e. The summed E-state index contributed by atoms with van der Waals surface area (Å²) >= 11 is 0. The van der Waals surface area contributed by atoms with Crippen molar-refractivity contribution in [2.75, 3.05) is 53.0 Å². The summed E-state index contributed by atoms with van der Waals surface area (Å²) in [5, 5.41) is 0. The van der Waals surface area contributed by atoms with Gasteiger partial charge in [0.2, 0.25) is 5.91 Å². The van der Waals surface area contributed by atoms with Gasteiger partial charge in [-0.1, -0.05) is 0 Å². The minimum atomic E-state index is -0.523. The molecule has 0 saturated carbocycles. The third-order valence-corrected chi connectivity index (χ3v) is 7.10. The van der Waals surface area contributed by atoms with E-state index in [0.29, 0.717) is 24.7 Å². The Morgan fingerprint density at radius 1 is 1.10 bits per heavy atom. The highest BCUT2D eigenvalue weighted by molar-refractivity contribution is 5.94. The maximum Gasteiger partial charge on any atom is 0.253 e. The van der Waals surface area contributed by atoms with Crippen molar-refractivity contribution in [2.45, 2.75) is 44.2 Å². The van der Waals surface area contributed by atoms with Crippen LogP contribution in [0.5, 0.6) is 5.75 Å². The number of benzene rings is 1. The van der Waals surface area contributed by atoms with E-state index in [9.17, 15) is 14.0 Å². The first-order valence-corrected chi connectivity index (χ1v) is 11.2. The molecule has 1 unspecified atom stereocenters. The Morgan fingerprint density at radius 2 is 1.81 bits per heavy atom. The molecule has 0 bridgehead atoms. The van der Waals surface area contributed by atoms with Crippen LogP contribution in [0.4, 0.5) is 4.39 Å². The molecule has 1 aromatic rings. The van der Waals surface area contributed by atoms with Crippen molar-refractivity contribution >= 4 is 11.8 Å². The average molecular weight is 434 g/mol. The lowest BCUT2D eigenvalue weighted by atomic mass is 9.81. The number of carbonyl (C=O) groups excluding carboxylic acids is 2. The molecule has 3 fully saturated rings. The summed E-state index contributed by atoms with van der Waals surface area (Å²) in [4.78, 5) is 30.7. The largest absolute Gasteiger partial charge is 0.494 e. The van der Waals surface area contributed by atoms with Crippen LogP contribution in [0.25, 0.3) is 0 Å². The molecule has 4 rings (SSSR count). The fraction of sp³-hybridized carbons (Fsp3) is 0.652. The molecule has 3 saturated heterocycles. The quantitative estimate of drug-likeness (QED) is 0.731. The zero-order valence-electron chi connectivity index (χ0n) is 18.4. The molecular weight excluding hydrogens is 401 g/mol. The number of amides is 2. The molecule has 31 heavy (non-hydrogen) atoms. The van der Waals surface area contributed by atoms with Crippen LogP contribution in [0, 0.1) is 5.82 Å². The minimum Gasteiger partial charge on any atom is -0.494 e. The molecule has 1 atom stereocenters. The molecule has 0 aliphatic carbocycles. The number of rotatable bonds is 3. The third-order valence-electron chi connectivity index (χ3n) is 7.10. The van der Waals surface area contributed by atoms with Gasteiger partial charge in [0.1, 0.15) is 0 Å². The van der Waals surface area contributed by atoms with Gasteiger partial charge < -0.3 is 19.3 Å². The van der Waals surface area contributed by atoms with Crippen molar-refractivity contribution in [2.24, 2.45) is 0 Å². The number of carbonyl (C=O) groups is 2. The normalized spacial score (nSPS) is 24.3. The van der Waals surface area contributed by atoms with Gasteiger partial charge in [-0.15, -0.1) is 0 Å². The summed E-state index contributed by atoms with van der Waals surface area (Å²) in [6.07, 6.45) is 3.56. The van der Waals surface area contributed by atoms with Crippen molar-refractivity contribution in [1.29, 1.82) is 0 Å². The lowest BCUT2D eigenvalue weighted by Crippen LogP contribution is -2.57. The number of piperazine rings is 1. The van der Waals surface area contributed by atoms with E-state index >= 15 is 0 Å². The van der Waals surface area contributed by atoms with E-state index in [4.69, 9.17) is 9.47 Å². The van der Waals surface area contributed by atoms with Gasteiger partial charge in [0, 0.05) is 64.4 Å². The summed E-state index contributed by atoms with van der Waals surface area (Å²) < 4.78 is 25.2. The van der Waals surface area contributed by atoms with Gasteiger partial charge in [-0.05, 0) is 43.9 Å². The Labute approximate surface area is 183 Å². The number of nitrogens with zero attached hydrogens (tertiary/aromatic N) is 3. The zero-order valence-corrected chi connectivity index (χ0v) is 18.4. The van der Waals surface area contributed by atoms with Gasteiger partial charge in [0.05, 0.1) is 12.7 Å². The molecule has 0 radical (unpaired) electrons. The highest BCUT2D eigenvalue weighted by atomic mass is 19.1. The Hall–Kier alpha value is -2.19. The van der Waals surface area contributed by atoms with Crippen LogP contribution in [0.3, 0.4) is 0 Å². The fourth-order valence-corrected chi connectivity index (χ4v) is 5.16. The number of methoxy groups -OCH3 is 1. The Morgan fingerprint density at radius 3 is 2.42 bits per heavy atom. The molecule has 0 aromatic heterocycles. The molecule has 1 aromatic carbocycles. The summed E-state index contributed by atoms with van der Waals surface area (Å²) in [6.45, 7) is 6.99. The summed E-state index contributed by atoms with van der Waals surface area (Å²) in [7, 11) is 1.41. The van der Waals surface area contributed by atoms with Crippen LogP contribution in [-0.2, 0) is 9.53 Å². The van der Waals surface area contributed by atoms with E-state index in [1.54, 1.807) is 17.9 Å². The summed E-state index contributed by atoms with van der Waals surface area (Å²) in [5.41, 5.74) is 0.155. The van der Waals surface area contributed by atoms with Crippen molar-refractivity contribution in [1.82, 2.24) is 14.7 Å². The Bertz CT molecular complexity index is 817. The monoisotopic (exact) mass is 433 g/mol. The second-order valence-electron chi connectivity index (χ2n) is 8.86. The predicted octanol–water partition coefficient (Wildman–Crippen LogP) is 2.15. The van der Waals surface area contributed by atoms with E-state index in [-0.39, 0.29) is 23.2 Å². The maximum absolute atomic E-state index is 14.0. The van der Waals surface area contributed by atoms with Crippen LogP contribution < -0.4 is 4.74 Å². The fourth-order valence-electron chi connectivity index (χ4n) is 5.16. The van der Waals surface area contributed by atoms with E-state index in [1.807, 2.05) is 4.90 Å². The minimum absolute atomic E-state index is 0.139. The molecule has 0 N–H and O–H groups in total. The van der Waals surface area contributed by atoms with E-state index in [0.717, 1.165) is 58.5 Å². The lowest BCUT2D eigenvalue weighted by Gasteiger charge is -2.49. The summed E-state index contributed by atoms with van der Waals surface area (Å²) in [5.74, 6) is -0.383. The average Bonchev–Trinajstić information content (AvgIpc) is 2.79. The highest BCUT2D eigenvalue weighted by Gasteiger charge is 2.43. The summed E-state index contributed by atoms with van der Waals surface area (Å²) in [6, 6.07) is 4.82. The van der Waals surface area contributed by atoms with Crippen LogP contribution in [0.1, 0.15) is 43.0 Å². The maximum atomic E-state index is 14.0. The van der Waals surface area contributed by atoms with Crippen LogP contribution in [-0.4, -0.2) is 91.1 Å². The standard InChI is InChI=1S/C23H32FN3O4/c1-17(28)25-10-12-26(13-11-25)19-5-14-31-23(16-19)6-8-27(9-7-23)22(29)18-3-4-21(30-2)20(24)15-18/h3-4,15,19H,5-14,16H2,1-2H3. The van der Waals surface area contributed by atoms with Crippen molar-refractivity contribution in [3.63, 3.8) is 0 Å². The van der Waals surface area contributed by atoms with Crippen LogP contribution in [0.15, 0.2) is 18.2 Å². The Balaban J connectivity index is 1.33. The van der Waals surface area contributed by atoms with E-state index in [1.165, 1.54) is 19.2 Å². The molecule has 3 heterocycles. The van der Waals surface area contributed by atoms with E-state index in [2.05, 4.69) is 4.90 Å². The predicted molar refractivity (Wildman–Crippen MR) is 114 cm³/mol. The molecule has 8 heteroatoms. The number of hydrogen-bond acceptors (Lipinski definition) is 5. The molecule has 7 nitrogen and oxygen atoms in total. The van der Waals surface area contributed by atoms with Gasteiger partial charge >= 0.3 is 0 Å². The second-order valence-corrected chi connectivity index (χ2v) is 8.86. The van der Waals surface area contributed by atoms with Crippen LogP contribution in [0.2, 0.25) is 0 Å². The first-order valence-electron chi connectivity index (χ1n) is 11.2. The van der Waals surface area contributed by atoms with Gasteiger partial charge in [0.25, 0.3) is 5.91 Å². The Kier molecular flexibility index (Phi) is 6.48. The molecular formula is C23H32FN3O4.